The van der Waals surface area contributed by atoms with Crippen molar-refractivity contribution in [3.8, 4) is 0 Å². The van der Waals surface area contributed by atoms with Gasteiger partial charge < -0.3 is 49.7 Å². The highest BCUT2D eigenvalue weighted by Crippen LogP contribution is 2.42. The van der Waals surface area contributed by atoms with Gasteiger partial charge in [0, 0.05) is 39.3 Å². The van der Waals surface area contributed by atoms with Crippen molar-refractivity contribution in [3.63, 3.8) is 0 Å². The van der Waals surface area contributed by atoms with Gasteiger partial charge in [-0.1, -0.05) is 34.6 Å². The summed E-state index contributed by atoms with van der Waals surface area (Å²) < 4.78 is 9.45. The number of aromatic amines is 2. The van der Waals surface area contributed by atoms with Gasteiger partial charge in [-0.15, -0.1) is 0 Å². The lowest BCUT2D eigenvalue weighted by atomic mass is 9.71. The van der Waals surface area contributed by atoms with E-state index in [4.69, 9.17) is 9.47 Å². The highest BCUT2D eigenvalue weighted by molar-refractivity contribution is 5.93. The Labute approximate surface area is 334 Å². The minimum Gasteiger partial charge on any atom is -0.453 e. The number of aromatic nitrogens is 4. The third-order valence-corrected chi connectivity index (χ3v) is 11.7. The van der Waals surface area contributed by atoms with Crippen LogP contribution in [0.3, 0.4) is 0 Å². The van der Waals surface area contributed by atoms with Crippen molar-refractivity contribution < 1.29 is 38.2 Å². The second kappa shape index (κ2) is 18.9. The van der Waals surface area contributed by atoms with E-state index < -0.39 is 24.3 Å². The monoisotopic (exact) mass is 796 g/mol. The predicted molar refractivity (Wildman–Crippen MR) is 208 cm³/mol. The molecule has 3 fully saturated rings. The number of carbonyl (C=O) groups is 6. The fraction of sp³-hybridized carbons (Fsp3) is 0.692. The van der Waals surface area contributed by atoms with Crippen molar-refractivity contribution in [2.24, 2.45) is 17.3 Å². The van der Waals surface area contributed by atoms with Crippen LogP contribution in [0.2, 0.25) is 0 Å². The number of likely N-dealkylation sites (tertiary alicyclic amines) is 3. The minimum absolute atomic E-state index is 0.0357. The zero-order chi connectivity index (χ0) is 41.4. The van der Waals surface area contributed by atoms with Gasteiger partial charge in [0.1, 0.15) is 35.1 Å². The van der Waals surface area contributed by atoms with E-state index in [1.165, 1.54) is 20.4 Å². The molecule has 3 atom stereocenters. The molecule has 0 aliphatic carbocycles. The van der Waals surface area contributed by atoms with E-state index in [1.54, 1.807) is 16.0 Å². The molecule has 0 unspecified atom stereocenters. The summed E-state index contributed by atoms with van der Waals surface area (Å²) >= 11 is 0. The third kappa shape index (κ3) is 10.1. The van der Waals surface area contributed by atoms with Crippen LogP contribution in [0, 0.1) is 17.3 Å². The van der Waals surface area contributed by atoms with E-state index in [2.05, 4.69) is 30.6 Å². The molecule has 0 aromatic carbocycles. The van der Waals surface area contributed by atoms with E-state index in [1.807, 2.05) is 44.4 Å². The maximum absolute atomic E-state index is 13.6. The van der Waals surface area contributed by atoms with Crippen molar-refractivity contribution in [3.05, 3.63) is 35.4 Å². The van der Waals surface area contributed by atoms with E-state index in [0.29, 0.717) is 75.1 Å². The molecule has 4 N–H and O–H groups in total. The van der Waals surface area contributed by atoms with Crippen molar-refractivity contribution in [1.29, 1.82) is 0 Å². The summed E-state index contributed by atoms with van der Waals surface area (Å²) in [6, 6.07) is -1.84. The van der Waals surface area contributed by atoms with Gasteiger partial charge in [0.25, 0.3) is 11.8 Å². The first kappa shape index (κ1) is 43.0. The van der Waals surface area contributed by atoms with Gasteiger partial charge in [-0.05, 0) is 62.2 Å². The number of hydrogen-bond donors (Lipinski definition) is 4. The number of carbonyl (C=O) groups excluding carboxylic acids is 6. The normalized spacial score (nSPS) is 19.0. The van der Waals surface area contributed by atoms with Gasteiger partial charge in [0.05, 0.1) is 39.2 Å². The molecule has 18 heteroatoms. The summed E-state index contributed by atoms with van der Waals surface area (Å²) in [6.07, 6.45) is 7.21. The minimum atomic E-state index is -0.765. The first-order valence-corrected chi connectivity index (χ1v) is 20.2. The van der Waals surface area contributed by atoms with Crippen LogP contribution in [0.1, 0.15) is 118 Å². The molecule has 18 nitrogen and oxygen atoms in total. The van der Waals surface area contributed by atoms with Crippen LogP contribution in [0.25, 0.3) is 0 Å². The topological polar surface area (TPSA) is 215 Å². The number of nitrogens with one attached hydrogen (secondary N) is 4. The summed E-state index contributed by atoms with van der Waals surface area (Å²) in [5.41, 5.74) is 0.779. The van der Waals surface area contributed by atoms with Crippen LogP contribution < -0.4 is 10.6 Å². The molecule has 57 heavy (non-hydrogen) atoms. The average molecular weight is 797 g/mol. The van der Waals surface area contributed by atoms with Gasteiger partial charge in [-0.25, -0.2) is 19.6 Å². The number of ether oxygens (including phenoxy) is 2. The molecule has 314 valence electrons. The molecular weight excluding hydrogens is 736 g/mol. The SMILES string of the molecule is CCCN(Cc1ncc(C(=O)N2CCC3(CC2)CCN(C(=O)c2cnc([C@@H]4CCCN4C(=O)[C@@H](NC(=O)OC)C(C)C)[nH]2)CC3)[nH]1)C(=O)[C@@H](NC(=O)OC)C(C)C. The lowest BCUT2D eigenvalue weighted by molar-refractivity contribution is -0.136. The van der Waals surface area contributed by atoms with Gasteiger partial charge >= 0.3 is 12.2 Å². The van der Waals surface area contributed by atoms with Crippen LogP contribution in [0.4, 0.5) is 9.59 Å². The average Bonchev–Trinajstić information content (AvgIpc) is 4.00. The molecule has 2 aromatic heterocycles. The summed E-state index contributed by atoms with van der Waals surface area (Å²) in [5, 5.41) is 5.29. The van der Waals surface area contributed by atoms with Gasteiger partial charge in [0.15, 0.2) is 0 Å². The van der Waals surface area contributed by atoms with E-state index in [0.717, 1.165) is 32.1 Å². The number of alkyl carbamates (subject to hydrolysis) is 2. The fourth-order valence-corrected chi connectivity index (χ4v) is 8.18. The van der Waals surface area contributed by atoms with Crippen LogP contribution in [0.15, 0.2) is 12.4 Å². The number of H-pyrrole nitrogens is 2. The number of methoxy groups -OCH3 is 2. The number of amides is 6. The maximum Gasteiger partial charge on any atom is 0.407 e. The largest absolute Gasteiger partial charge is 0.453 e. The second-order valence-electron chi connectivity index (χ2n) is 16.2. The first-order chi connectivity index (χ1) is 27.2. The summed E-state index contributed by atoms with van der Waals surface area (Å²) in [7, 11) is 2.52. The molecular formula is C39H60N10O8. The number of nitrogens with zero attached hydrogens (tertiary/aromatic N) is 6. The zero-order valence-electron chi connectivity index (χ0n) is 34.4. The van der Waals surface area contributed by atoms with Gasteiger partial charge in [-0.2, -0.15) is 0 Å². The molecule has 3 saturated heterocycles. The van der Waals surface area contributed by atoms with Crippen molar-refractivity contribution >= 4 is 35.8 Å². The molecule has 0 bridgehead atoms. The van der Waals surface area contributed by atoms with Crippen molar-refractivity contribution in [1.82, 2.24) is 50.2 Å². The van der Waals surface area contributed by atoms with Gasteiger partial charge in [-0.3, -0.25) is 19.2 Å². The lowest BCUT2D eigenvalue weighted by Gasteiger charge is -2.46. The molecule has 3 aliphatic rings. The Kier molecular flexibility index (Phi) is 14.2. The zero-order valence-corrected chi connectivity index (χ0v) is 34.4. The van der Waals surface area contributed by atoms with Crippen LogP contribution in [0.5, 0.6) is 0 Å². The number of imidazole rings is 2. The molecule has 5 rings (SSSR count). The Bertz CT molecular complexity index is 1740. The van der Waals surface area contributed by atoms with E-state index >= 15 is 0 Å². The molecule has 1 spiro atoms. The summed E-state index contributed by atoms with van der Waals surface area (Å²) in [5.74, 6) is -0.0111. The fourth-order valence-electron chi connectivity index (χ4n) is 8.18. The Balaban J connectivity index is 1.12. The molecule has 2 aromatic rings. The highest BCUT2D eigenvalue weighted by atomic mass is 16.5. The van der Waals surface area contributed by atoms with Crippen molar-refractivity contribution in [2.45, 2.75) is 104 Å². The molecule has 0 radical (unpaired) electrons. The maximum atomic E-state index is 13.6. The smallest absolute Gasteiger partial charge is 0.407 e. The van der Waals surface area contributed by atoms with E-state index in [-0.39, 0.29) is 53.5 Å². The molecule has 0 saturated carbocycles. The number of rotatable bonds is 13. The van der Waals surface area contributed by atoms with E-state index in [9.17, 15) is 28.8 Å². The Morgan fingerprint density at radius 1 is 0.807 bits per heavy atom. The van der Waals surface area contributed by atoms with Crippen molar-refractivity contribution in [2.75, 3.05) is 53.5 Å². The van der Waals surface area contributed by atoms with Crippen LogP contribution in [-0.2, 0) is 25.6 Å². The van der Waals surface area contributed by atoms with Gasteiger partial charge in [0.2, 0.25) is 11.8 Å². The molecule has 3 aliphatic heterocycles. The Morgan fingerprint density at radius 2 is 1.33 bits per heavy atom. The molecule has 6 amide bonds. The summed E-state index contributed by atoms with van der Waals surface area (Å²) in [4.78, 5) is 100. The quantitative estimate of drug-likeness (QED) is 0.232. The Hall–Kier alpha value is -5.16. The number of hydrogen-bond acceptors (Lipinski definition) is 10. The standard InChI is InChI=1S/C39H60N10O8/c1-8-15-48(35(52)30(24(2)3)44-37(54)56-6)23-29-40-21-26(42-29)33(50)46-17-11-39(12-18-46)13-19-47(20-14-39)34(51)27-22-41-32(43-27)28-10-9-16-49(28)36(53)31(25(4)5)45-38(55)57-7/h21-22,24-25,28,30-31H,8-20,23H2,1-7H3,(H,40,42)(H,41,43)(H,44,54)(H,45,55)/t28-,30-,31-/m0/s1. The third-order valence-electron chi connectivity index (χ3n) is 11.7. The number of piperidine rings is 2. The lowest BCUT2D eigenvalue weighted by Crippen LogP contribution is -2.51. The van der Waals surface area contributed by atoms with Crippen LogP contribution in [-0.4, -0.2) is 141 Å². The molecule has 5 heterocycles. The van der Waals surface area contributed by atoms with Crippen LogP contribution >= 0.6 is 0 Å². The Morgan fingerprint density at radius 3 is 1.86 bits per heavy atom. The summed E-state index contributed by atoms with van der Waals surface area (Å²) in [6.45, 7) is 12.9. The highest BCUT2D eigenvalue weighted by Gasteiger charge is 2.41. The predicted octanol–water partition coefficient (Wildman–Crippen LogP) is 3.45. The second-order valence-corrected chi connectivity index (χ2v) is 16.2. The first-order valence-electron chi connectivity index (χ1n) is 20.2.